The van der Waals surface area contributed by atoms with Crippen LogP contribution in [0.2, 0.25) is 0 Å². The number of nitro groups is 1. The molecular weight excluding hydrogens is 488 g/mol. The van der Waals surface area contributed by atoms with Gasteiger partial charge in [0.15, 0.2) is 16.6 Å². The highest BCUT2D eigenvalue weighted by molar-refractivity contribution is 7.23. The predicted molar refractivity (Wildman–Crippen MR) is 136 cm³/mol. The minimum atomic E-state index is -0.447. The maximum absolute atomic E-state index is 13.8. The van der Waals surface area contributed by atoms with Gasteiger partial charge in [0, 0.05) is 46.7 Å². The normalized spacial score (nSPS) is 11.0. The zero-order chi connectivity index (χ0) is 24.5. The van der Waals surface area contributed by atoms with Gasteiger partial charge in [0.1, 0.15) is 0 Å². The lowest BCUT2D eigenvalue weighted by molar-refractivity contribution is -0.384. The van der Waals surface area contributed by atoms with Gasteiger partial charge >= 0.3 is 0 Å². The van der Waals surface area contributed by atoms with Gasteiger partial charge in [-0.15, -0.1) is 11.3 Å². The number of thiophene rings is 1. The fourth-order valence-corrected chi connectivity index (χ4v) is 5.61. The molecule has 1 amide bonds. The smallest absolute Gasteiger partial charge is 0.270 e. The molecule has 2 aromatic carbocycles. The Hall–Kier alpha value is -4.09. The van der Waals surface area contributed by atoms with Crippen LogP contribution < -0.4 is 14.4 Å². The monoisotopic (exact) mass is 506 g/mol. The van der Waals surface area contributed by atoms with E-state index in [4.69, 9.17) is 14.5 Å². The van der Waals surface area contributed by atoms with E-state index >= 15 is 0 Å². The molecule has 3 heterocycles. The number of rotatable bonds is 7. The molecule has 0 aliphatic heterocycles. The number of thiazole rings is 1. The number of amides is 1. The van der Waals surface area contributed by atoms with Gasteiger partial charge in [-0.1, -0.05) is 17.4 Å². The minimum Gasteiger partial charge on any atom is -0.493 e. The van der Waals surface area contributed by atoms with E-state index in [1.54, 1.807) is 49.7 Å². The number of nitrogens with zero attached hydrogens (tertiary/aromatic N) is 4. The largest absolute Gasteiger partial charge is 0.493 e. The first-order valence-electron chi connectivity index (χ1n) is 10.4. The van der Waals surface area contributed by atoms with Gasteiger partial charge in [-0.2, -0.15) is 0 Å². The van der Waals surface area contributed by atoms with Crippen LogP contribution in [-0.2, 0) is 6.54 Å². The number of hydrogen-bond acceptors (Lipinski definition) is 9. The van der Waals surface area contributed by atoms with E-state index in [1.807, 2.05) is 18.2 Å². The summed E-state index contributed by atoms with van der Waals surface area (Å²) in [4.78, 5) is 35.4. The highest BCUT2D eigenvalue weighted by atomic mass is 32.1. The van der Waals surface area contributed by atoms with Crippen molar-refractivity contribution < 1.29 is 19.2 Å². The molecule has 0 bridgehead atoms. The molecule has 5 rings (SSSR count). The lowest BCUT2D eigenvalue weighted by Crippen LogP contribution is -2.29. The summed E-state index contributed by atoms with van der Waals surface area (Å²) in [6.45, 7) is 0.259. The van der Waals surface area contributed by atoms with Gasteiger partial charge in [0.2, 0.25) is 0 Å². The van der Waals surface area contributed by atoms with Crippen molar-refractivity contribution in [2.45, 2.75) is 6.54 Å². The van der Waals surface area contributed by atoms with E-state index in [2.05, 4.69) is 4.98 Å². The first-order valence-corrected chi connectivity index (χ1v) is 12.0. The molecular formula is C24H18N4O5S2. The molecule has 0 radical (unpaired) electrons. The number of non-ortho nitro benzene ring substituents is 1. The van der Waals surface area contributed by atoms with E-state index in [9.17, 15) is 14.9 Å². The molecule has 0 spiro atoms. The second-order valence-electron chi connectivity index (χ2n) is 7.51. The highest BCUT2D eigenvalue weighted by Crippen LogP contribution is 2.39. The fraction of sp³-hybridized carbons (Fsp3) is 0.125. The van der Waals surface area contributed by atoms with Crippen molar-refractivity contribution in [2.24, 2.45) is 0 Å². The quantitative estimate of drug-likeness (QED) is 0.206. The molecule has 0 N–H and O–H groups in total. The average molecular weight is 507 g/mol. The number of aromatic nitrogens is 2. The lowest BCUT2D eigenvalue weighted by atomic mass is 10.2. The third-order valence-corrected chi connectivity index (χ3v) is 7.49. The van der Waals surface area contributed by atoms with Gasteiger partial charge < -0.3 is 9.47 Å². The summed E-state index contributed by atoms with van der Waals surface area (Å²) in [7, 11) is 3.12. The van der Waals surface area contributed by atoms with Crippen LogP contribution in [0.4, 0.5) is 10.8 Å². The van der Waals surface area contributed by atoms with Crippen LogP contribution in [0.15, 0.2) is 60.9 Å². The highest BCUT2D eigenvalue weighted by Gasteiger charge is 2.25. The number of pyridine rings is 1. The third kappa shape index (κ3) is 4.38. The van der Waals surface area contributed by atoms with Crippen molar-refractivity contribution in [3.63, 3.8) is 0 Å². The number of ether oxygens (including phenoxy) is 2. The molecule has 0 unspecified atom stereocenters. The maximum Gasteiger partial charge on any atom is 0.270 e. The molecule has 11 heteroatoms. The van der Waals surface area contributed by atoms with Crippen molar-refractivity contribution >= 4 is 59.7 Å². The molecule has 5 aromatic rings. The van der Waals surface area contributed by atoms with Crippen LogP contribution in [0.3, 0.4) is 0 Å². The molecule has 0 atom stereocenters. The van der Waals surface area contributed by atoms with E-state index in [-0.39, 0.29) is 18.1 Å². The van der Waals surface area contributed by atoms with Crippen LogP contribution in [0, 0.1) is 10.1 Å². The van der Waals surface area contributed by atoms with Gasteiger partial charge in [-0.3, -0.25) is 24.8 Å². The number of carbonyl (C=O) groups is 1. The Kier molecular flexibility index (Phi) is 6.01. The topological polar surface area (TPSA) is 108 Å². The number of fused-ring (bicyclic) bond motifs is 2. The SMILES string of the molecule is COc1cc2nc(N(Cc3cccnc3)C(=O)c3cc4cc([N+](=O)[O-])ccc4s3)sc2cc1OC. The Morgan fingerprint density at radius 3 is 2.57 bits per heavy atom. The van der Waals surface area contributed by atoms with Crippen molar-refractivity contribution in [2.75, 3.05) is 19.1 Å². The molecule has 9 nitrogen and oxygen atoms in total. The van der Waals surface area contributed by atoms with Gasteiger partial charge in [0.05, 0.1) is 40.8 Å². The number of nitro benzene ring substituents is 1. The fourth-order valence-electron chi connectivity index (χ4n) is 3.64. The van der Waals surface area contributed by atoms with E-state index in [0.717, 1.165) is 15.0 Å². The van der Waals surface area contributed by atoms with Gasteiger partial charge in [-0.25, -0.2) is 4.98 Å². The number of hydrogen-bond donors (Lipinski definition) is 0. The first kappa shape index (κ1) is 22.7. The number of benzene rings is 2. The summed E-state index contributed by atoms with van der Waals surface area (Å²) in [5.41, 5.74) is 1.50. The summed E-state index contributed by atoms with van der Waals surface area (Å²) >= 11 is 2.65. The van der Waals surface area contributed by atoms with Crippen molar-refractivity contribution in [1.82, 2.24) is 9.97 Å². The Morgan fingerprint density at radius 2 is 1.86 bits per heavy atom. The van der Waals surface area contributed by atoms with Crippen molar-refractivity contribution in [3.8, 4) is 11.5 Å². The van der Waals surface area contributed by atoms with Crippen molar-refractivity contribution in [3.05, 3.63) is 81.5 Å². The molecule has 0 saturated carbocycles. The zero-order valence-electron chi connectivity index (χ0n) is 18.6. The second-order valence-corrected chi connectivity index (χ2v) is 9.61. The number of anilines is 1. The summed E-state index contributed by atoms with van der Waals surface area (Å²) in [5, 5.41) is 12.3. The average Bonchev–Trinajstić information content (AvgIpc) is 3.49. The van der Waals surface area contributed by atoms with Gasteiger partial charge in [-0.05, 0) is 23.8 Å². The van der Waals surface area contributed by atoms with Crippen LogP contribution >= 0.6 is 22.7 Å². The maximum atomic E-state index is 13.8. The molecule has 35 heavy (non-hydrogen) atoms. The summed E-state index contributed by atoms with van der Waals surface area (Å²) in [5.74, 6) is 0.871. The summed E-state index contributed by atoms with van der Waals surface area (Å²) in [6.07, 6.45) is 3.37. The summed E-state index contributed by atoms with van der Waals surface area (Å²) < 4.78 is 12.4. The predicted octanol–water partition coefficient (Wildman–Crippen LogP) is 5.68. The molecule has 0 fully saturated rings. The second kappa shape index (κ2) is 9.28. The van der Waals surface area contributed by atoms with Crippen LogP contribution in [0.1, 0.15) is 15.2 Å². The standard InChI is InChI=1S/C24H18N4O5S2/c1-32-18-10-17-21(11-19(18)33-2)35-24(26-17)27(13-14-4-3-7-25-12-14)23(29)22-9-15-8-16(28(30)31)5-6-20(15)34-22/h3-12H,13H2,1-2H3. The number of methoxy groups -OCH3 is 2. The van der Waals surface area contributed by atoms with E-state index in [0.29, 0.717) is 32.4 Å². The molecule has 0 aliphatic carbocycles. The molecule has 3 aromatic heterocycles. The Morgan fingerprint density at radius 1 is 1.06 bits per heavy atom. The zero-order valence-corrected chi connectivity index (χ0v) is 20.3. The molecule has 176 valence electrons. The van der Waals surface area contributed by atoms with Crippen LogP contribution in [-0.4, -0.2) is 35.0 Å². The molecule has 0 saturated heterocycles. The van der Waals surface area contributed by atoms with Crippen LogP contribution in [0.5, 0.6) is 11.5 Å². The van der Waals surface area contributed by atoms with E-state index in [1.165, 1.54) is 34.8 Å². The third-order valence-electron chi connectivity index (χ3n) is 5.34. The molecule has 0 aliphatic rings. The first-order chi connectivity index (χ1) is 17.0. The van der Waals surface area contributed by atoms with E-state index < -0.39 is 4.92 Å². The Labute approximate surface area is 207 Å². The van der Waals surface area contributed by atoms with Crippen LogP contribution in [0.25, 0.3) is 20.3 Å². The Balaban J connectivity index is 1.59. The minimum absolute atomic E-state index is 0.0180. The lowest BCUT2D eigenvalue weighted by Gasteiger charge is -2.19. The van der Waals surface area contributed by atoms with Gasteiger partial charge in [0.25, 0.3) is 11.6 Å². The number of carbonyl (C=O) groups excluding carboxylic acids is 1. The van der Waals surface area contributed by atoms with Crippen molar-refractivity contribution in [1.29, 1.82) is 0 Å². The Bertz CT molecular complexity index is 1520. The summed E-state index contributed by atoms with van der Waals surface area (Å²) in [6, 6.07) is 13.6.